The second-order valence-corrected chi connectivity index (χ2v) is 7.09. The van der Waals surface area contributed by atoms with Gasteiger partial charge in [0, 0.05) is 0 Å². The maximum atomic E-state index is 10.8. The molecular formula is C17H22ClNO. The van der Waals surface area contributed by atoms with E-state index in [0.29, 0.717) is 16.5 Å². The lowest BCUT2D eigenvalue weighted by Crippen LogP contribution is -2.37. The molecule has 3 heteroatoms. The maximum Gasteiger partial charge on any atom is 0.101 e. The van der Waals surface area contributed by atoms with Crippen molar-refractivity contribution in [3.8, 4) is 6.07 Å². The minimum Gasteiger partial charge on any atom is -0.388 e. The molecule has 1 aromatic carbocycles. The normalized spacial score (nSPS) is 26.8. The molecule has 2 nitrogen and oxygen atoms in total. The summed E-state index contributed by atoms with van der Waals surface area (Å²) in [6.07, 6.45) is 3.01. The van der Waals surface area contributed by atoms with E-state index in [1.54, 1.807) is 12.1 Å². The van der Waals surface area contributed by atoms with Gasteiger partial charge in [0.15, 0.2) is 0 Å². The Morgan fingerprint density at radius 1 is 1.45 bits per heavy atom. The smallest absolute Gasteiger partial charge is 0.101 e. The highest BCUT2D eigenvalue weighted by Gasteiger charge is 2.41. The van der Waals surface area contributed by atoms with E-state index in [4.69, 9.17) is 16.9 Å². The summed E-state index contributed by atoms with van der Waals surface area (Å²) >= 11 is 6.09. The van der Waals surface area contributed by atoms with Crippen molar-refractivity contribution in [1.82, 2.24) is 0 Å². The first-order valence-corrected chi connectivity index (χ1v) is 7.62. The molecule has 0 aromatic heterocycles. The maximum absolute atomic E-state index is 10.8. The molecule has 1 aliphatic rings. The van der Waals surface area contributed by atoms with Crippen molar-refractivity contribution >= 4 is 11.6 Å². The average molecular weight is 292 g/mol. The molecule has 108 valence electrons. The second kappa shape index (κ2) is 5.76. The van der Waals surface area contributed by atoms with E-state index in [2.05, 4.69) is 26.8 Å². The zero-order chi connectivity index (χ0) is 14.9. The van der Waals surface area contributed by atoms with Gasteiger partial charge in [0.2, 0.25) is 0 Å². The predicted octanol–water partition coefficient (Wildman–Crippen LogP) is 4.71. The van der Waals surface area contributed by atoms with Crippen LogP contribution in [0.1, 0.15) is 57.3 Å². The molecule has 0 amide bonds. The summed E-state index contributed by atoms with van der Waals surface area (Å²) in [5.41, 5.74) is 1.40. The van der Waals surface area contributed by atoms with Crippen molar-refractivity contribution in [2.45, 2.75) is 46.1 Å². The summed E-state index contributed by atoms with van der Waals surface area (Å²) in [4.78, 5) is 0. The quantitative estimate of drug-likeness (QED) is 0.858. The molecule has 0 bridgehead atoms. The third-order valence-corrected chi connectivity index (χ3v) is 5.10. The van der Waals surface area contributed by atoms with Crippen LogP contribution in [0.4, 0.5) is 0 Å². The first-order valence-electron chi connectivity index (χ1n) is 7.24. The number of halogens is 1. The monoisotopic (exact) mass is 291 g/mol. The molecule has 1 aliphatic carbocycles. The molecular weight excluding hydrogens is 270 g/mol. The molecule has 2 rings (SSSR count). The van der Waals surface area contributed by atoms with Crippen LogP contribution < -0.4 is 0 Å². The van der Waals surface area contributed by atoms with Crippen LogP contribution in [0.3, 0.4) is 0 Å². The molecule has 20 heavy (non-hydrogen) atoms. The zero-order valence-electron chi connectivity index (χ0n) is 12.4. The van der Waals surface area contributed by atoms with E-state index < -0.39 is 6.10 Å². The van der Waals surface area contributed by atoms with E-state index in [1.807, 2.05) is 6.07 Å². The number of aliphatic hydroxyl groups excluding tert-OH is 1. The Morgan fingerprint density at radius 3 is 2.70 bits per heavy atom. The van der Waals surface area contributed by atoms with Crippen LogP contribution in [0.2, 0.25) is 5.02 Å². The summed E-state index contributed by atoms with van der Waals surface area (Å²) in [7, 11) is 0. The Balaban J connectivity index is 2.32. The Hall–Kier alpha value is -1.04. The number of benzene rings is 1. The highest BCUT2D eigenvalue weighted by Crippen LogP contribution is 2.49. The van der Waals surface area contributed by atoms with Crippen LogP contribution in [-0.2, 0) is 0 Å². The van der Waals surface area contributed by atoms with Gasteiger partial charge >= 0.3 is 0 Å². The van der Waals surface area contributed by atoms with Gasteiger partial charge in [-0.3, -0.25) is 0 Å². The largest absolute Gasteiger partial charge is 0.388 e. The molecule has 0 saturated heterocycles. The van der Waals surface area contributed by atoms with Crippen molar-refractivity contribution in [2.75, 3.05) is 0 Å². The lowest BCUT2D eigenvalue weighted by molar-refractivity contribution is -0.0292. The topological polar surface area (TPSA) is 44.0 Å². The first kappa shape index (κ1) is 15.4. The molecule has 0 unspecified atom stereocenters. The molecule has 0 spiro atoms. The van der Waals surface area contributed by atoms with Crippen LogP contribution in [0.25, 0.3) is 0 Å². The summed E-state index contributed by atoms with van der Waals surface area (Å²) in [6.45, 7) is 6.70. The van der Waals surface area contributed by atoms with Crippen molar-refractivity contribution in [1.29, 1.82) is 5.26 Å². The molecule has 0 aliphatic heterocycles. The molecule has 1 N–H and O–H groups in total. The van der Waals surface area contributed by atoms with Crippen LogP contribution >= 0.6 is 11.6 Å². The van der Waals surface area contributed by atoms with Crippen molar-refractivity contribution < 1.29 is 5.11 Å². The fourth-order valence-electron chi connectivity index (χ4n) is 3.75. The molecule has 1 saturated carbocycles. The minimum absolute atomic E-state index is 0.122. The van der Waals surface area contributed by atoms with Gasteiger partial charge < -0.3 is 5.11 Å². The van der Waals surface area contributed by atoms with Gasteiger partial charge in [0.05, 0.1) is 16.7 Å². The van der Waals surface area contributed by atoms with Crippen molar-refractivity contribution in [3.63, 3.8) is 0 Å². The van der Waals surface area contributed by atoms with Crippen LogP contribution in [-0.4, -0.2) is 5.11 Å². The van der Waals surface area contributed by atoms with Gasteiger partial charge in [0.25, 0.3) is 0 Å². The Kier molecular flexibility index (Phi) is 4.42. The number of nitrogens with zero attached hydrogens (tertiary/aromatic N) is 1. The molecule has 0 heterocycles. The van der Waals surface area contributed by atoms with E-state index in [0.717, 1.165) is 18.4 Å². The minimum atomic E-state index is -0.523. The summed E-state index contributed by atoms with van der Waals surface area (Å²) in [6, 6.07) is 7.31. The third-order valence-electron chi connectivity index (χ3n) is 4.79. The Bertz CT molecular complexity index is 532. The fraction of sp³-hybridized carbons (Fsp3) is 0.588. The van der Waals surface area contributed by atoms with Crippen molar-refractivity contribution in [3.05, 3.63) is 34.3 Å². The number of rotatable bonds is 2. The highest BCUT2D eigenvalue weighted by atomic mass is 35.5. The number of hydrogen-bond donors (Lipinski definition) is 1. The van der Waals surface area contributed by atoms with Gasteiger partial charge in [-0.2, -0.15) is 5.26 Å². The van der Waals surface area contributed by atoms with Crippen LogP contribution in [0.15, 0.2) is 18.2 Å². The number of nitriles is 1. The van der Waals surface area contributed by atoms with Gasteiger partial charge in [0.1, 0.15) is 6.07 Å². The molecule has 0 radical (unpaired) electrons. The number of hydrogen-bond acceptors (Lipinski definition) is 2. The second-order valence-electron chi connectivity index (χ2n) is 6.68. The average Bonchev–Trinajstić information content (AvgIpc) is 2.37. The van der Waals surface area contributed by atoms with Crippen molar-refractivity contribution in [2.24, 2.45) is 17.3 Å². The highest BCUT2D eigenvalue weighted by molar-refractivity contribution is 6.31. The summed E-state index contributed by atoms with van der Waals surface area (Å²) in [5, 5.41) is 20.1. The van der Waals surface area contributed by atoms with Crippen LogP contribution in [0, 0.1) is 28.6 Å². The lowest BCUT2D eigenvalue weighted by atomic mass is 9.61. The van der Waals surface area contributed by atoms with E-state index >= 15 is 0 Å². The Morgan fingerprint density at radius 2 is 2.15 bits per heavy atom. The first-order chi connectivity index (χ1) is 9.36. The molecule has 1 aromatic rings. The van der Waals surface area contributed by atoms with Gasteiger partial charge in [-0.1, -0.05) is 51.3 Å². The van der Waals surface area contributed by atoms with Crippen LogP contribution in [0.5, 0.6) is 0 Å². The standard InChI is InChI=1S/C17H22ClNO/c1-11-5-4-8-17(2,3)15(11)16(20)12-6-7-13(10-19)14(18)9-12/h6-7,9,11,15-16,20H,4-5,8H2,1-3H3/t11-,15-,16-/m0/s1. The van der Waals surface area contributed by atoms with Gasteiger partial charge in [-0.05, 0) is 41.4 Å². The lowest BCUT2D eigenvalue weighted by Gasteiger charge is -2.45. The Labute approximate surface area is 126 Å². The SMILES string of the molecule is C[C@H]1CCCC(C)(C)[C@@H]1[C@@H](O)c1ccc(C#N)c(Cl)c1. The van der Waals surface area contributed by atoms with Gasteiger partial charge in [-0.25, -0.2) is 0 Å². The summed E-state index contributed by atoms with van der Waals surface area (Å²) in [5.74, 6) is 0.712. The zero-order valence-corrected chi connectivity index (χ0v) is 13.1. The summed E-state index contributed by atoms with van der Waals surface area (Å²) < 4.78 is 0. The third kappa shape index (κ3) is 2.85. The fourth-order valence-corrected chi connectivity index (χ4v) is 3.98. The predicted molar refractivity (Wildman–Crippen MR) is 81.4 cm³/mol. The molecule has 1 fully saturated rings. The number of aliphatic hydroxyl groups is 1. The van der Waals surface area contributed by atoms with Gasteiger partial charge in [-0.15, -0.1) is 0 Å². The van der Waals surface area contributed by atoms with E-state index in [-0.39, 0.29) is 11.3 Å². The molecule has 3 atom stereocenters. The van der Waals surface area contributed by atoms with E-state index in [1.165, 1.54) is 6.42 Å². The van der Waals surface area contributed by atoms with E-state index in [9.17, 15) is 5.11 Å².